The van der Waals surface area contributed by atoms with Gasteiger partial charge in [-0.05, 0) is 40.7 Å². The number of piperidine rings is 1. The highest BCUT2D eigenvalue weighted by atomic mass is 16.6. The Balaban J connectivity index is 2.16. The summed E-state index contributed by atoms with van der Waals surface area (Å²) < 4.78 is 0. The van der Waals surface area contributed by atoms with Gasteiger partial charge in [-0.1, -0.05) is 6.07 Å². The van der Waals surface area contributed by atoms with Crippen LogP contribution in [0.5, 0.6) is 0 Å². The van der Waals surface area contributed by atoms with Crippen LogP contribution < -0.4 is 10.6 Å². The Labute approximate surface area is 136 Å². The standard InChI is InChI=1S/C17H25N3O3/c1-11-6-7-12(8-14(11)20(22)23)15(21)18-13-9-16(2,3)19-17(4,5)10-13/h6-8,13,19H,9-10H2,1-5H3,(H,18,21)/p+1. The molecule has 0 saturated carbocycles. The van der Waals surface area contributed by atoms with Gasteiger partial charge in [0.05, 0.1) is 16.0 Å². The molecule has 3 N–H and O–H groups in total. The molecular weight excluding hydrogens is 294 g/mol. The maximum absolute atomic E-state index is 12.5. The van der Waals surface area contributed by atoms with Gasteiger partial charge in [0.15, 0.2) is 0 Å². The third-order valence-electron chi connectivity index (χ3n) is 4.33. The first kappa shape index (κ1) is 17.4. The van der Waals surface area contributed by atoms with E-state index in [0.29, 0.717) is 11.1 Å². The Morgan fingerprint density at radius 2 is 1.83 bits per heavy atom. The zero-order valence-electron chi connectivity index (χ0n) is 14.5. The van der Waals surface area contributed by atoms with E-state index in [1.54, 1.807) is 19.1 Å². The number of hydrogen-bond acceptors (Lipinski definition) is 3. The predicted octanol–water partition coefficient (Wildman–Crippen LogP) is 1.92. The van der Waals surface area contributed by atoms with Crippen LogP contribution in [0.3, 0.4) is 0 Å². The van der Waals surface area contributed by atoms with E-state index in [1.807, 2.05) is 0 Å². The van der Waals surface area contributed by atoms with Gasteiger partial charge in [0.2, 0.25) is 0 Å². The first-order valence-corrected chi connectivity index (χ1v) is 7.92. The van der Waals surface area contributed by atoms with Crippen molar-refractivity contribution < 1.29 is 15.0 Å². The third-order valence-corrected chi connectivity index (χ3v) is 4.33. The maximum Gasteiger partial charge on any atom is 0.273 e. The quantitative estimate of drug-likeness (QED) is 0.658. The van der Waals surface area contributed by atoms with Crippen LogP contribution in [0.25, 0.3) is 0 Å². The van der Waals surface area contributed by atoms with Gasteiger partial charge < -0.3 is 10.6 Å². The number of carbonyl (C=O) groups excluding carboxylic acids is 1. The summed E-state index contributed by atoms with van der Waals surface area (Å²) in [6.07, 6.45) is 1.74. The fraction of sp³-hybridized carbons (Fsp3) is 0.588. The molecule has 1 aromatic carbocycles. The van der Waals surface area contributed by atoms with E-state index >= 15 is 0 Å². The topological polar surface area (TPSA) is 88.8 Å². The van der Waals surface area contributed by atoms with Gasteiger partial charge in [-0.25, -0.2) is 0 Å². The van der Waals surface area contributed by atoms with Crippen LogP contribution in [0.2, 0.25) is 0 Å². The van der Waals surface area contributed by atoms with Crippen molar-refractivity contribution in [2.75, 3.05) is 0 Å². The summed E-state index contributed by atoms with van der Waals surface area (Å²) in [4.78, 5) is 23.1. The Kier molecular flexibility index (Phi) is 4.48. The van der Waals surface area contributed by atoms with Crippen molar-refractivity contribution in [3.8, 4) is 0 Å². The van der Waals surface area contributed by atoms with Crippen molar-refractivity contribution in [3.63, 3.8) is 0 Å². The van der Waals surface area contributed by atoms with E-state index in [4.69, 9.17) is 0 Å². The smallest absolute Gasteiger partial charge is 0.273 e. The second kappa shape index (κ2) is 5.92. The minimum Gasteiger partial charge on any atom is -0.349 e. The van der Waals surface area contributed by atoms with Crippen LogP contribution in [0.15, 0.2) is 18.2 Å². The SMILES string of the molecule is Cc1ccc(C(=O)NC2CC(C)(C)[NH2+]C(C)(C)C2)cc1[N+](=O)[O-]. The molecule has 6 heteroatoms. The van der Waals surface area contributed by atoms with Crippen LogP contribution in [-0.2, 0) is 0 Å². The van der Waals surface area contributed by atoms with E-state index in [-0.39, 0.29) is 28.7 Å². The van der Waals surface area contributed by atoms with Crippen molar-refractivity contribution >= 4 is 11.6 Å². The monoisotopic (exact) mass is 320 g/mol. The molecule has 0 radical (unpaired) electrons. The molecule has 2 rings (SSSR count). The minimum absolute atomic E-state index is 0.0183. The number of nitro groups is 1. The van der Waals surface area contributed by atoms with Crippen molar-refractivity contribution in [2.45, 2.75) is 64.6 Å². The number of nitrogens with one attached hydrogen (secondary N) is 1. The zero-order chi connectivity index (χ0) is 17.4. The molecule has 1 aliphatic heterocycles. The zero-order valence-corrected chi connectivity index (χ0v) is 14.5. The van der Waals surface area contributed by atoms with E-state index in [9.17, 15) is 14.9 Å². The van der Waals surface area contributed by atoms with Crippen LogP contribution in [0, 0.1) is 17.0 Å². The Morgan fingerprint density at radius 1 is 1.26 bits per heavy atom. The number of rotatable bonds is 3. The number of quaternary nitrogens is 1. The van der Waals surface area contributed by atoms with Crippen molar-refractivity contribution in [1.82, 2.24) is 5.32 Å². The molecule has 1 aliphatic rings. The fourth-order valence-corrected chi connectivity index (χ4v) is 3.84. The summed E-state index contributed by atoms with van der Waals surface area (Å²) in [5, 5.41) is 16.4. The Morgan fingerprint density at radius 3 is 2.35 bits per heavy atom. The summed E-state index contributed by atoms with van der Waals surface area (Å²) in [7, 11) is 0. The largest absolute Gasteiger partial charge is 0.349 e. The number of hydrogen-bond donors (Lipinski definition) is 2. The second-order valence-corrected chi connectivity index (χ2v) is 7.96. The van der Waals surface area contributed by atoms with E-state index < -0.39 is 4.92 Å². The van der Waals surface area contributed by atoms with Gasteiger partial charge in [-0.2, -0.15) is 0 Å². The summed E-state index contributed by atoms with van der Waals surface area (Å²) in [5.74, 6) is -0.244. The summed E-state index contributed by atoms with van der Waals surface area (Å²) >= 11 is 0. The average molecular weight is 320 g/mol. The molecule has 0 aliphatic carbocycles. The Bertz CT molecular complexity index is 622. The number of amides is 1. The highest BCUT2D eigenvalue weighted by Crippen LogP contribution is 2.23. The lowest BCUT2D eigenvalue weighted by atomic mass is 9.79. The minimum atomic E-state index is -0.450. The highest BCUT2D eigenvalue weighted by Gasteiger charge is 2.42. The summed E-state index contributed by atoms with van der Waals surface area (Å²) in [5.41, 5.74) is 0.988. The molecule has 23 heavy (non-hydrogen) atoms. The second-order valence-electron chi connectivity index (χ2n) is 7.96. The van der Waals surface area contributed by atoms with Crippen LogP contribution in [0.1, 0.15) is 56.5 Å². The van der Waals surface area contributed by atoms with Crippen LogP contribution in [0.4, 0.5) is 5.69 Å². The number of benzene rings is 1. The van der Waals surface area contributed by atoms with Gasteiger partial charge in [-0.15, -0.1) is 0 Å². The molecular formula is C17H26N3O3+. The van der Waals surface area contributed by atoms with Gasteiger partial charge >= 0.3 is 0 Å². The highest BCUT2D eigenvalue weighted by molar-refractivity contribution is 5.95. The van der Waals surface area contributed by atoms with Gasteiger partial charge in [0, 0.05) is 36.1 Å². The van der Waals surface area contributed by atoms with Crippen molar-refractivity contribution in [1.29, 1.82) is 0 Å². The lowest BCUT2D eigenvalue weighted by Crippen LogP contribution is -3.06. The van der Waals surface area contributed by atoms with Crippen molar-refractivity contribution in [3.05, 3.63) is 39.4 Å². The van der Waals surface area contributed by atoms with E-state index in [2.05, 4.69) is 38.3 Å². The number of nitrogens with two attached hydrogens (primary N) is 1. The fourth-order valence-electron chi connectivity index (χ4n) is 3.84. The van der Waals surface area contributed by atoms with Crippen molar-refractivity contribution in [2.24, 2.45) is 0 Å². The predicted molar refractivity (Wildman–Crippen MR) is 88.4 cm³/mol. The molecule has 1 amide bonds. The van der Waals surface area contributed by atoms with Crippen LogP contribution >= 0.6 is 0 Å². The Hall–Kier alpha value is -1.95. The summed E-state index contributed by atoms with van der Waals surface area (Å²) in [6, 6.07) is 4.69. The number of nitro benzene ring substituents is 1. The summed E-state index contributed by atoms with van der Waals surface area (Å²) in [6.45, 7) is 10.4. The molecule has 0 atom stereocenters. The first-order valence-electron chi connectivity index (χ1n) is 7.92. The van der Waals surface area contributed by atoms with Gasteiger partial charge in [0.1, 0.15) is 0 Å². The molecule has 1 saturated heterocycles. The van der Waals surface area contributed by atoms with Gasteiger partial charge in [-0.3, -0.25) is 14.9 Å². The first-order chi connectivity index (χ1) is 10.5. The number of aryl methyl sites for hydroxylation is 1. The molecule has 0 bridgehead atoms. The molecule has 6 nitrogen and oxygen atoms in total. The molecule has 0 unspecified atom stereocenters. The molecule has 126 valence electrons. The lowest BCUT2D eigenvalue weighted by molar-refractivity contribution is -0.787. The maximum atomic E-state index is 12.5. The molecule has 0 spiro atoms. The molecule has 1 fully saturated rings. The van der Waals surface area contributed by atoms with E-state index in [1.165, 1.54) is 6.07 Å². The number of nitrogens with zero attached hydrogens (tertiary/aromatic N) is 1. The molecule has 1 aromatic rings. The molecule has 0 aromatic heterocycles. The molecule has 1 heterocycles. The van der Waals surface area contributed by atoms with Gasteiger partial charge in [0.25, 0.3) is 11.6 Å². The lowest BCUT2D eigenvalue weighted by Gasteiger charge is -2.43. The average Bonchev–Trinajstić information content (AvgIpc) is 2.34. The third kappa shape index (κ3) is 4.28. The normalized spacial score (nSPS) is 20.0. The van der Waals surface area contributed by atoms with E-state index in [0.717, 1.165) is 12.8 Å². The van der Waals surface area contributed by atoms with Crippen LogP contribution in [-0.4, -0.2) is 28.0 Å². The number of carbonyl (C=O) groups is 1.